The molecule has 1 amide bonds. The summed E-state index contributed by atoms with van der Waals surface area (Å²) in [5, 5.41) is 4.30. The van der Waals surface area contributed by atoms with Crippen LogP contribution in [0.3, 0.4) is 0 Å². The monoisotopic (exact) mass is 387 g/mol. The number of amides is 1. The van der Waals surface area contributed by atoms with Gasteiger partial charge in [0.15, 0.2) is 0 Å². The smallest absolute Gasteiger partial charge is 0.224 e. The fourth-order valence-corrected chi connectivity index (χ4v) is 2.88. The summed E-state index contributed by atoms with van der Waals surface area (Å²) in [4.78, 5) is 12.2. The van der Waals surface area contributed by atoms with Gasteiger partial charge in [-0.2, -0.15) is 0 Å². The molecule has 0 saturated heterocycles. The standard InChI is InChI=1S/C17H16Cl3NO3/c1-23-15-9-14(16(24-2)8-13(15)20)21-17(22)6-4-10-3-5-11(18)7-12(10)19/h3,5,7-9H,4,6H2,1-2H3,(H,21,22). The molecule has 2 rings (SSSR count). The highest BCUT2D eigenvalue weighted by atomic mass is 35.5. The maximum absolute atomic E-state index is 12.2. The molecule has 0 atom stereocenters. The number of carbonyl (C=O) groups excluding carboxylic acids is 1. The number of rotatable bonds is 6. The molecular formula is C17H16Cl3NO3. The van der Waals surface area contributed by atoms with Crippen LogP contribution >= 0.6 is 34.8 Å². The Labute approximate surface area is 155 Å². The van der Waals surface area contributed by atoms with Crippen LogP contribution in [0.25, 0.3) is 0 Å². The van der Waals surface area contributed by atoms with E-state index in [0.29, 0.717) is 38.7 Å². The maximum atomic E-state index is 12.2. The van der Waals surface area contributed by atoms with Crippen LogP contribution < -0.4 is 14.8 Å². The molecule has 0 unspecified atom stereocenters. The molecule has 0 radical (unpaired) electrons. The molecule has 0 aliphatic carbocycles. The Bertz CT molecular complexity index is 750. The van der Waals surface area contributed by atoms with E-state index in [1.54, 1.807) is 24.3 Å². The predicted molar refractivity (Wildman–Crippen MR) is 98.0 cm³/mol. The van der Waals surface area contributed by atoms with Crippen molar-refractivity contribution in [2.24, 2.45) is 0 Å². The topological polar surface area (TPSA) is 47.6 Å². The zero-order valence-corrected chi connectivity index (χ0v) is 15.4. The van der Waals surface area contributed by atoms with Gasteiger partial charge in [0.2, 0.25) is 5.91 Å². The van der Waals surface area contributed by atoms with Gasteiger partial charge in [0, 0.05) is 28.6 Å². The van der Waals surface area contributed by atoms with Crippen molar-refractivity contribution in [3.05, 3.63) is 51.0 Å². The summed E-state index contributed by atoms with van der Waals surface area (Å²) >= 11 is 18.0. The number of aryl methyl sites for hydroxylation is 1. The van der Waals surface area contributed by atoms with E-state index in [1.807, 2.05) is 6.07 Å². The third-order valence-corrected chi connectivity index (χ3v) is 4.27. The molecule has 128 valence electrons. The number of hydrogen-bond acceptors (Lipinski definition) is 3. The lowest BCUT2D eigenvalue weighted by Crippen LogP contribution is -2.13. The highest BCUT2D eigenvalue weighted by molar-refractivity contribution is 6.35. The third kappa shape index (κ3) is 4.69. The number of ether oxygens (including phenoxy) is 2. The lowest BCUT2D eigenvalue weighted by atomic mass is 10.1. The molecule has 0 aliphatic heterocycles. The second-order valence-electron chi connectivity index (χ2n) is 4.97. The molecule has 0 bridgehead atoms. The molecular weight excluding hydrogens is 373 g/mol. The normalized spacial score (nSPS) is 10.4. The van der Waals surface area contributed by atoms with Crippen molar-refractivity contribution in [2.75, 3.05) is 19.5 Å². The summed E-state index contributed by atoms with van der Waals surface area (Å²) in [6, 6.07) is 8.42. The fourth-order valence-electron chi connectivity index (χ4n) is 2.14. The van der Waals surface area contributed by atoms with E-state index in [1.165, 1.54) is 14.2 Å². The molecule has 0 saturated carbocycles. The number of carbonyl (C=O) groups is 1. The van der Waals surface area contributed by atoms with E-state index in [-0.39, 0.29) is 12.3 Å². The van der Waals surface area contributed by atoms with Gasteiger partial charge in [-0.3, -0.25) is 4.79 Å². The Hall–Kier alpha value is -1.62. The molecule has 0 spiro atoms. The van der Waals surface area contributed by atoms with Crippen molar-refractivity contribution in [1.82, 2.24) is 0 Å². The highest BCUT2D eigenvalue weighted by Crippen LogP contribution is 2.36. The molecule has 2 aromatic rings. The Kier molecular flexibility index (Phi) is 6.60. The number of halogens is 3. The van der Waals surface area contributed by atoms with Crippen molar-refractivity contribution in [3.8, 4) is 11.5 Å². The Morgan fingerprint density at radius 1 is 1.00 bits per heavy atom. The molecule has 2 aromatic carbocycles. The lowest BCUT2D eigenvalue weighted by Gasteiger charge is -2.13. The van der Waals surface area contributed by atoms with Crippen LogP contribution in [0.5, 0.6) is 11.5 Å². The number of hydrogen-bond donors (Lipinski definition) is 1. The molecule has 7 heteroatoms. The summed E-state index contributed by atoms with van der Waals surface area (Å²) in [5.41, 5.74) is 1.35. The van der Waals surface area contributed by atoms with Gasteiger partial charge in [-0.05, 0) is 24.1 Å². The minimum absolute atomic E-state index is 0.177. The van der Waals surface area contributed by atoms with E-state index >= 15 is 0 Å². The lowest BCUT2D eigenvalue weighted by molar-refractivity contribution is -0.116. The van der Waals surface area contributed by atoms with Gasteiger partial charge in [-0.1, -0.05) is 40.9 Å². The minimum Gasteiger partial charge on any atom is -0.495 e. The van der Waals surface area contributed by atoms with Crippen LogP contribution in [-0.4, -0.2) is 20.1 Å². The first-order valence-electron chi connectivity index (χ1n) is 7.10. The van der Waals surface area contributed by atoms with Crippen LogP contribution in [0.15, 0.2) is 30.3 Å². The first kappa shape index (κ1) is 18.7. The Morgan fingerprint density at radius 2 is 1.71 bits per heavy atom. The van der Waals surface area contributed by atoms with Crippen LogP contribution in [0.2, 0.25) is 15.1 Å². The number of nitrogens with one attached hydrogen (secondary N) is 1. The van der Waals surface area contributed by atoms with Gasteiger partial charge in [0.25, 0.3) is 0 Å². The molecule has 0 fully saturated rings. The van der Waals surface area contributed by atoms with E-state index in [4.69, 9.17) is 44.3 Å². The van der Waals surface area contributed by atoms with Crippen LogP contribution in [0, 0.1) is 0 Å². The fraction of sp³-hybridized carbons (Fsp3) is 0.235. The molecule has 24 heavy (non-hydrogen) atoms. The number of benzene rings is 2. The van der Waals surface area contributed by atoms with Gasteiger partial charge >= 0.3 is 0 Å². The van der Waals surface area contributed by atoms with Gasteiger partial charge in [0.05, 0.1) is 24.9 Å². The minimum atomic E-state index is -0.177. The van der Waals surface area contributed by atoms with E-state index in [9.17, 15) is 4.79 Å². The molecule has 0 aliphatic rings. The maximum Gasteiger partial charge on any atom is 0.224 e. The van der Waals surface area contributed by atoms with E-state index in [0.717, 1.165) is 5.56 Å². The van der Waals surface area contributed by atoms with Gasteiger partial charge < -0.3 is 14.8 Å². The molecule has 4 nitrogen and oxygen atoms in total. The second kappa shape index (κ2) is 8.47. The van der Waals surface area contributed by atoms with E-state index < -0.39 is 0 Å². The molecule has 1 N–H and O–H groups in total. The molecule has 0 aromatic heterocycles. The first-order chi connectivity index (χ1) is 11.4. The van der Waals surface area contributed by atoms with Crippen molar-refractivity contribution >= 4 is 46.4 Å². The van der Waals surface area contributed by atoms with Gasteiger partial charge in [-0.15, -0.1) is 0 Å². The highest BCUT2D eigenvalue weighted by Gasteiger charge is 2.13. The zero-order valence-electron chi connectivity index (χ0n) is 13.2. The quantitative estimate of drug-likeness (QED) is 0.736. The second-order valence-corrected chi connectivity index (χ2v) is 6.22. The SMILES string of the molecule is COc1cc(NC(=O)CCc2ccc(Cl)cc2Cl)c(OC)cc1Cl. The van der Waals surface area contributed by atoms with Crippen LogP contribution in [0.1, 0.15) is 12.0 Å². The largest absolute Gasteiger partial charge is 0.495 e. The number of methoxy groups -OCH3 is 2. The third-order valence-electron chi connectivity index (χ3n) is 3.38. The summed E-state index contributed by atoms with van der Waals surface area (Å²) < 4.78 is 10.4. The van der Waals surface area contributed by atoms with Crippen molar-refractivity contribution in [3.63, 3.8) is 0 Å². The Balaban J connectivity index is 2.06. The first-order valence-corrected chi connectivity index (χ1v) is 8.23. The summed E-state index contributed by atoms with van der Waals surface area (Å²) in [6.07, 6.45) is 0.754. The summed E-state index contributed by atoms with van der Waals surface area (Å²) in [7, 11) is 3.00. The number of anilines is 1. The zero-order chi connectivity index (χ0) is 17.7. The Morgan fingerprint density at radius 3 is 2.33 bits per heavy atom. The van der Waals surface area contributed by atoms with Crippen LogP contribution in [0.4, 0.5) is 5.69 Å². The van der Waals surface area contributed by atoms with Crippen molar-refractivity contribution in [2.45, 2.75) is 12.8 Å². The van der Waals surface area contributed by atoms with E-state index in [2.05, 4.69) is 5.32 Å². The van der Waals surface area contributed by atoms with Crippen LogP contribution in [-0.2, 0) is 11.2 Å². The molecule has 0 heterocycles. The summed E-state index contributed by atoms with van der Waals surface area (Å²) in [6.45, 7) is 0. The van der Waals surface area contributed by atoms with Gasteiger partial charge in [0.1, 0.15) is 11.5 Å². The van der Waals surface area contributed by atoms with Crippen molar-refractivity contribution < 1.29 is 14.3 Å². The van der Waals surface area contributed by atoms with Crippen molar-refractivity contribution in [1.29, 1.82) is 0 Å². The predicted octanol–water partition coefficient (Wildman–Crippen LogP) is 5.24. The summed E-state index contributed by atoms with van der Waals surface area (Å²) in [5.74, 6) is 0.732. The van der Waals surface area contributed by atoms with Gasteiger partial charge in [-0.25, -0.2) is 0 Å². The average Bonchev–Trinajstić information content (AvgIpc) is 2.55. The average molecular weight is 389 g/mol.